The number of rotatable bonds is 18. The monoisotopic (exact) mass is 1010 g/mol. The van der Waals surface area contributed by atoms with Crippen molar-refractivity contribution in [1.82, 2.24) is 10.3 Å². The maximum Gasteiger partial charge on any atom is 0.220 e. The second-order valence-corrected chi connectivity index (χ2v) is 19.9. The lowest BCUT2D eigenvalue weighted by Gasteiger charge is -2.23. The molecule has 8 nitrogen and oxygen atoms in total. The molecule has 74 heavy (non-hydrogen) atoms. The fraction of sp³-hybridized carbons (Fsp3) is 0.219. The first-order valence-corrected chi connectivity index (χ1v) is 26.7. The van der Waals surface area contributed by atoms with Gasteiger partial charge in [0, 0.05) is 82.9 Å². The summed E-state index contributed by atoms with van der Waals surface area (Å²) in [4.78, 5) is 35.2. The van der Waals surface area contributed by atoms with Crippen LogP contribution in [0.4, 0.5) is 5.69 Å². The summed E-state index contributed by atoms with van der Waals surface area (Å²) in [6.07, 6.45) is 14.2. The molecule has 0 radical (unpaired) electrons. The quantitative estimate of drug-likeness (QED) is 0.0663. The molecular formula is C64H60Cl2N6O2. The molecule has 5 heterocycles. The lowest BCUT2D eigenvalue weighted by molar-refractivity contribution is -0.121. The summed E-state index contributed by atoms with van der Waals surface area (Å²) in [7, 11) is 0. The summed E-state index contributed by atoms with van der Waals surface area (Å²) in [6.45, 7) is 8.86. The number of fused-ring (bicyclic) bond motifs is 5. The number of benzene rings is 5. The number of amides is 1. The molecular weight excluding hydrogens is 956 g/mol. The van der Waals surface area contributed by atoms with Crippen molar-refractivity contribution in [3.63, 3.8) is 0 Å². The topological polar surface area (TPSA) is 94.4 Å². The van der Waals surface area contributed by atoms with Crippen LogP contribution in [-0.2, 0) is 11.2 Å². The molecule has 1 aromatic heterocycles. The predicted molar refractivity (Wildman–Crippen MR) is 308 cm³/mol. The van der Waals surface area contributed by atoms with Gasteiger partial charge in [-0.25, -0.2) is 9.98 Å². The van der Waals surface area contributed by atoms with E-state index in [-0.39, 0.29) is 5.91 Å². The van der Waals surface area contributed by atoms with Crippen LogP contribution in [0, 0.1) is 20.8 Å². The number of carbonyl (C=O) groups is 1. The second-order valence-electron chi connectivity index (χ2n) is 19.1. The fourth-order valence-corrected chi connectivity index (χ4v) is 10.3. The molecule has 0 aliphatic carbocycles. The van der Waals surface area contributed by atoms with Gasteiger partial charge in [-0.2, -0.15) is 0 Å². The minimum Gasteiger partial charge on any atom is -0.494 e. The molecule has 2 N–H and O–H groups in total. The summed E-state index contributed by atoms with van der Waals surface area (Å²) in [5.41, 5.74) is 19.3. The van der Waals surface area contributed by atoms with Gasteiger partial charge in [0.2, 0.25) is 5.91 Å². The molecule has 0 saturated carbocycles. The smallest absolute Gasteiger partial charge is 0.220 e. The van der Waals surface area contributed by atoms with E-state index < -0.39 is 0 Å². The van der Waals surface area contributed by atoms with Crippen LogP contribution < -0.4 is 25.7 Å². The third kappa shape index (κ3) is 11.5. The normalized spacial score (nSPS) is 14.9. The molecule has 0 unspecified atom stereocenters. The summed E-state index contributed by atoms with van der Waals surface area (Å²) in [5, 5.41) is 4.94. The number of aromatic amines is 1. The molecule has 8 bridgehead atoms. The average Bonchev–Trinajstić information content (AvgIpc) is 4.27. The van der Waals surface area contributed by atoms with E-state index in [4.69, 9.17) is 42.9 Å². The van der Waals surface area contributed by atoms with Crippen LogP contribution in [0.3, 0.4) is 0 Å². The second kappa shape index (κ2) is 23.1. The van der Waals surface area contributed by atoms with Crippen molar-refractivity contribution in [2.45, 2.75) is 52.9 Å². The third-order valence-corrected chi connectivity index (χ3v) is 14.1. The highest BCUT2D eigenvalue weighted by molar-refractivity contribution is 6.34. The highest BCUT2D eigenvalue weighted by Gasteiger charge is 2.27. The van der Waals surface area contributed by atoms with Crippen molar-refractivity contribution in [1.29, 1.82) is 0 Å². The van der Waals surface area contributed by atoms with E-state index >= 15 is 0 Å². The van der Waals surface area contributed by atoms with Crippen molar-refractivity contribution < 1.29 is 9.53 Å². The van der Waals surface area contributed by atoms with E-state index in [0.717, 1.165) is 127 Å². The van der Waals surface area contributed by atoms with Gasteiger partial charge in [-0.3, -0.25) is 9.79 Å². The molecule has 4 aliphatic rings. The maximum absolute atomic E-state index is 12.7. The molecule has 0 spiro atoms. The third-order valence-electron chi connectivity index (χ3n) is 13.8. The van der Waals surface area contributed by atoms with Gasteiger partial charge in [0.05, 0.1) is 40.8 Å². The van der Waals surface area contributed by atoms with Gasteiger partial charge in [0.15, 0.2) is 0 Å². The maximum atomic E-state index is 12.7. The van der Waals surface area contributed by atoms with E-state index in [2.05, 4.69) is 188 Å². The number of anilines is 1. The first-order chi connectivity index (χ1) is 36.2. The minimum absolute atomic E-state index is 0.0516. The highest BCUT2D eigenvalue weighted by atomic mass is 35.5. The summed E-state index contributed by atoms with van der Waals surface area (Å²) < 4.78 is 6.23. The Morgan fingerprint density at radius 2 is 1.11 bits per heavy atom. The number of carbonyl (C=O) groups excluding carboxylic acids is 1. The number of H-pyrrole nitrogens is 1. The standard InChI is InChI=1S/C64H60Cl2N6O2/c1-42-8-16-46(17-9-42)61-52-28-30-54(68-52)62(47-18-10-43(2)11-19-47)56-32-34-58(70-56)64(59-35-33-57(71-59)63(55-31-29-53(61)69-55)48-20-12-44(3)13-21-48)49-22-26-51(27-23-49)74-41-5-38-67-60(73)7-4-6-45-14-24-50(25-15-45)72(39-36-65)40-37-66/h8-30,32-35,70H,4-7,31,36-41H2,1-3H3,(H,67,73). The number of hydrogen-bond donors (Lipinski definition) is 2. The predicted octanol–water partition coefficient (Wildman–Crippen LogP) is 12.1. The van der Waals surface area contributed by atoms with Gasteiger partial charge < -0.3 is 19.9 Å². The average molecular weight is 1020 g/mol. The van der Waals surface area contributed by atoms with Crippen LogP contribution in [0.1, 0.15) is 70.2 Å². The Morgan fingerprint density at radius 1 is 0.595 bits per heavy atom. The Hall–Kier alpha value is -7.52. The Labute approximate surface area is 444 Å². The number of alkyl halides is 2. The first kappa shape index (κ1) is 50.0. The van der Waals surface area contributed by atoms with Crippen LogP contribution in [0.25, 0.3) is 22.3 Å². The van der Waals surface area contributed by atoms with E-state index in [1.165, 1.54) is 22.3 Å². The number of aromatic nitrogens is 1. The zero-order valence-corrected chi connectivity index (χ0v) is 43.7. The van der Waals surface area contributed by atoms with E-state index in [1.807, 2.05) is 12.1 Å². The van der Waals surface area contributed by atoms with E-state index in [0.29, 0.717) is 44.2 Å². The van der Waals surface area contributed by atoms with Crippen LogP contribution in [-0.4, -0.2) is 66.0 Å². The zero-order valence-electron chi connectivity index (χ0n) is 42.2. The van der Waals surface area contributed by atoms with Crippen molar-refractivity contribution in [3.8, 4) is 5.75 Å². The molecule has 372 valence electrons. The van der Waals surface area contributed by atoms with Crippen molar-refractivity contribution >= 4 is 74.2 Å². The number of nitrogens with zero attached hydrogens (tertiary/aromatic N) is 4. The number of halogens is 2. The summed E-state index contributed by atoms with van der Waals surface area (Å²) in [5.74, 6) is 1.90. The van der Waals surface area contributed by atoms with Crippen LogP contribution in [0.15, 0.2) is 196 Å². The molecule has 6 aromatic rings. The Morgan fingerprint density at radius 3 is 1.66 bits per heavy atom. The Bertz CT molecular complexity index is 3440. The van der Waals surface area contributed by atoms with Gasteiger partial charge >= 0.3 is 0 Å². The van der Waals surface area contributed by atoms with E-state index in [9.17, 15) is 4.79 Å². The zero-order chi connectivity index (χ0) is 51.0. The lowest BCUT2D eigenvalue weighted by atomic mass is 9.96. The minimum atomic E-state index is 0.0516. The van der Waals surface area contributed by atoms with Gasteiger partial charge in [-0.15, -0.1) is 23.2 Å². The highest BCUT2D eigenvalue weighted by Crippen LogP contribution is 2.39. The van der Waals surface area contributed by atoms with E-state index in [1.54, 1.807) is 0 Å². The lowest BCUT2D eigenvalue weighted by Crippen LogP contribution is -2.27. The summed E-state index contributed by atoms with van der Waals surface area (Å²) in [6, 6.07) is 47.0. The van der Waals surface area contributed by atoms with Crippen LogP contribution in [0.2, 0.25) is 0 Å². The molecule has 0 saturated heterocycles. The number of allylic oxidation sites excluding steroid dienone is 7. The van der Waals surface area contributed by atoms with Crippen LogP contribution >= 0.6 is 23.2 Å². The Balaban J connectivity index is 0.931. The molecule has 5 aromatic carbocycles. The molecule has 1 amide bonds. The van der Waals surface area contributed by atoms with Gasteiger partial charge in [-0.05, 0) is 129 Å². The van der Waals surface area contributed by atoms with Crippen LogP contribution in [0.5, 0.6) is 5.75 Å². The number of hydrogen-bond acceptors (Lipinski definition) is 6. The molecule has 10 rings (SSSR count). The largest absolute Gasteiger partial charge is 0.494 e. The van der Waals surface area contributed by atoms with Crippen molar-refractivity contribution in [3.05, 3.63) is 236 Å². The van der Waals surface area contributed by atoms with Gasteiger partial charge in [0.1, 0.15) is 5.75 Å². The SMILES string of the molecule is Cc1ccc(C2=C3C=CC(=N3)C(c3ccc(C)cc3)=c3ccc([nH]3)=C(c3ccc(OCCCNC(=O)CCCc4ccc(N(CCCl)CCCl)cc4)cc3)C3=NC(=C(c4ccc(C)cc4)C4=NC2=CC4)C=C3)cc1. The number of ether oxygens (including phenoxy) is 1. The number of aryl methyl sites for hydroxylation is 4. The molecule has 0 fully saturated rings. The summed E-state index contributed by atoms with van der Waals surface area (Å²) >= 11 is 12.0. The number of nitrogens with one attached hydrogen (secondary N) is 2. The van der Waals surface area contributed by atoms with Crippen molar-refractivity contribution in [2.75, 3.05) is 42.9 Å². The number of aliphatic imine (C=N–C) groups is 3. The molecule has 10 heteroatoms. The fourth-order valence-electron chi connectivity index (χ4n) is 9.84. The first-order valence-electron chi connectivity index (χ1n) is 25.6. The van der Waals surface area contributed by atoms with Crippen molar-refractivity contribution in [2.24, 2.45) is 15.0 Å². The van der Waals surface area contributed by atoms with Gasteiger partial charge in [-0.1, -0.05) is 120 Å². The molecule has 4 aliphatic heterocycles. The molecule has 0 atom stereocenters. The van der Waals surface area contributed by atoms with Gasteiger partial charge in [0.25, 0.3) is 0 Å². The Kier molecular flexibility index (Phi) is 15.6.